The highest BCUT2D eigenvalue weighted by atomic mass is 14.4. The maximum atomic E-state index is 2.43. The molecular formula is C10H20. The van der Waals surface area contributed by atoms with Crippen LogP contribution in [0.3, 0.4) is 0 Å². The molecule has 0 nitrogen and oxygen atoms in total. The number of hydrogen-bond acceptors (Lipinski definition) is 0. The molecule has 1 saturated carbocycles. The van der Waals surface area contributed by atoms with E-state index >= 15 is 0 Å². The van der Waals surface area contributed by atoms with Gasteiger partial charge in [-0.1, -0.05) is 34.1 Å². The third-order valence-corrected chi connectivity index (χ3v) is 2.52. The third kappa shape index (κ3) is 2.00. The molecule has 0 aromatic heterocycles. The van der Waals surface area contributed by atoms with Crippen LogP contribution < -0.4 is 0 Å². The van der Waals surface area contributed by atoms with Gasteiger partial charge in [-0.2, -0.15) is 0 Å². The zero-order valence-corrected chi connectivity index (χ0v) is 7.83. The SMILES string of the molecule is CC(C)(C)CC1(C)CCC1. The molecule has 0 radical (unpaired) electrons. The second kappa shape index (κ2) is 2.25. The summed E-state index contributed by atoms with van der Waals surface area (Å²) in [5.41, 5.74) is 1.24. The molecule has 60 valence electrons. The number of hydrogen-bond donors (Lipinski definition) is 0. The van der Waals surface area contributed by atoms with Crippen LogP contribution >= 0.6 is 0 Å². The van der Waals surface area contributed by atoms with Crippen molar-refractivity contribution in [1.29, 1.82) is 0 Å². The third-order valence-electron chi connectivity index (χ3n) is 2.52. The molecule has 0 heteroatoms. The van der Waals surface area contributed by atoms with E-state index in [9.17, 15) is 0 Å². The van der Waals surface area contributed by atoms with Gasteiger partial charge in [0, 0.05) is 0 Å². The Labute approximate surface area is 65.0 Å². The van der Waals surface area contributed by atoms with Gasteiger partial charge in [0.05, 0.1) is 0 Å². The first-order valence-electron chi connectivity index (χ1n) is 4.41. The Hall–Kier alpha value is 0. The fourth-order valence-corrected chi connectivity index (χ4v) is 2.24. The van der Waals surface area contributed by atoms with Crippen LogP contribution in [0.25, 0.3) is 0 Å². The summed E-state index contributed by atoms with van der Waals surface area (Å²) in [5.74, 6) is 0. The van der Waals surface area contributed by atoms with E-state index in [1.807, 2.05) is 0 Å². The first kappa shape index (κ1) is 8.10. The molecule has 0 atom stereocenters. The molecule has 0 spiro atoms. The average molecular weight is 140 g/mol. The smallest absolute Gasteiger partial charge is 0.0321 e. The van der Waals surface area contributed by atoms with Gasteiger partial charge in [-0.15, -0.1) is 0 Å². The van der Waals surface area contributed by atoms with Gasteiger partial charge in [0.2, 0.25) is 0 Å². The van der Waals surface area contributed by atoms with E-state index in [-0.39, 0.29) is 0 Å². The molecule has 0 amide bonds. The molecular weight excluding hydrogens is 120 g/mol. The predicted molar refractivity (Wildman–Crippen MR) is 46.0 cm³/mol. The molecule has 0 aromatic rings. The Morgan fingerprint density at radius 2 is 1.70 bits per heavy atom. The fraction of sp³-hybridized carbons (Fsp3) is 1.00. The fourth-order valence-electron chi connectivity index (χ4n) is 2.24. The van der Waals surface area contributed by atoms with Crippen molar-refractivity contribution in [3.05, 3.63) is 0 Å². The first-order valence-corrected chi connectivity index (χ1v) is 4.41. The van der Waals surface area contributed by atoms with Crippen molar-refractivity contribution in [2.45, 2.75) is 53.4 Å². The van der Waals surface area contributed by atoms with Crippen LogP contribution in [0.4, 0.5) is 0 Å². The Bertz CT molecular complexity index is 112. The maximum absolute atomic E-state index is 2.43. The lowest BCUT2D eigenvalue weighted by Gasteiger charge is -2.42. The van der Waals surface area contributed by atoms with Crippen LogP contribution in [-0.4, -0.2) is 0 Å². The number of rotatable bonds is 1. The molecule has 1 rings (SSSR count). The summed E-state index contributed by atoms with van der Waals surface area (Å²) in [5, 5.41) is 0. The highest BCUT2D eigenvalue weighted by molar-refractivity contribution is 4.86. The largest absolute Gasteiger partial charge is 0.0602 e. The van der Waals surface area contributed by atoms with E-state index in [1.54, 1.807) is 0 Å². The van der Waals surface area contributed by atoms with Crippen molar-refractivity contribution in [3.8, 4) is 0 Å². The Morgan fingerprint density at radius 3 is 1.80 bits per heavy atom. The van der Waals surface area contributed by atoms with Crippen LogP contribution in [0.15, 0.2) is 0 Å². The molecule has 0 saturated heterocycles. The van der Waals surface area contributed by atoms with Crippen molar-refractivity contribution in [2.24, 2.45) is 10.8 Å². The van der Waals surface area contributed by atoms with Gasteiger partial charge < -0.3 is 0 Å². The summed E-state index contributed by atoms with van der Waals surface area (Å²) in [6, 6.07) is 0. The molecule has 0 N–H and O–H groups in total. The molecule has 1 aliphatic carbocycles. The summed E-state index contributed by atoms with van der Waals surface area (Å²) in [6.45, 7) is 9.46. The van der Waals surface area contributed by atoms with E-state index in [1.165, 1.54) is 25.7 Å². The van der Waals surface area contributed by atoms with Gasteiger partial charge in [0.15, 0.2) is 0 Å². The van der Waals surface area contributed by atoms with Gasteiger partial charge in [-0.25, -0.2) is 0 Å². The average Bonchev–Trinajstić information content (AvgIpc) is 1.57. The minimum atomic E-state index is 0.537. The van der Waals surface area contributed by atoms with Crippen molar-refractivity contribution in [3.63, 3.8) is 0 Å². The summed E-state index contributed by atoms with van der Waals surface area (Å²) in [7, 11) is 0. The van der Waals surface area contributed by atoms with E-state index < -0.39 is 0 Å². The summed E-state index contributed by atoms with van der Waals surface area (Å²) >= 11 is 0. The highest BCUT2D eigenvalue weighted by Crippen LogP contribution is 2.48. The molecule has 10 heavy (non-hydrogen) atoms. The molecule has 0 bridgehead atoms. The molecule has 1 fully saturated rings. The molecule has 0 aromatic carbocycles. The lowest BCUT2D eigenvalue weighted by Crippen LogP contribution is -2.30. The zero-order chi connectivity index (χ0) is 7.83. The lowest BCUT2D eigenvalue weighted by atomic mass is 9.63. The highest BCUT2D eigenvalue weighted by Gasteiger charge is 2.35. The van der Waals surface area contributed by atoms with E-state index in [2.05, 4.69) is 27.7 Å². The second-order valence-electron chi connectivity index (χ2n) is 5.40. The van der Waals surface area contributed by atoms with E-state index in [0.717, 1.165) is 0 Å². The van der Waals surface area contributed by atoms with Crippen molar-refractivity contribution >= 4 is 0 Å². The molecule has 0 unspecified atom stereocenters. The normalized spacial score (nSPS) is 24.0. The van der Waals surface area contributed by atoms with E-state index in [0.29, 0.717) is 10.8 Å². The standard InChI is InChI=1S/C10H20/c1-9(2,3)8-10(4)6-5-7-10/h5-8H2,1-4H3. The van der Waals surface area contributed by atoms with Gasteiger partial charge in [0.1, 0.15) is 0 Å². The Balaban J connectivity index is 2.37. The summed E-state index contributed by atoms with van der Waals surface area (Å²) in [6.07, 6.45) is 5.79. The van der Waals surface area contributed by atoms with Crippen molar-refractivity contribution in [1.82, 2.24) is 0 Å². The summed E-state index contributed by atoms with van der Waals surface area (Å²) in [4.78, 5) is 0. The van der Waals surface area contributed by atoms with Crippen LogP contribution in [0.1, 0.15) is 53.4 Å². The predicted octanol–water partition coefficient (Wildman–Crippen LogP) is 3.61. The molecule has 0 aliphatic heterocycles. The Kier molecular flexibility index (Phi) is 1.82. The van der Waals surface area contributed by atoms with Gasteiger partial charge in [-0.3, -0.25) is 0 Å². The van der Waals surface area contributed by atoms with Crippen LogP contribution in [0, 0.1) is 10.8 Å². The van der Waals surface area contributed by atoms with Gasteiger partial charge >= 0.3 is 0 Å². The van der Waals surface area contributed by atoms with Crippen LogP contribution in [0.2, 0.25) is 0 Å². The van der Waals surface area contributed by atoms with Crippen LogP contribution in [0.5, 0.6) is 0 Å². The first-order chi connectivity index (χ1) is 4.41. The van der Waals surface area contributed by atoms with E-state index in [4.69, 9.17) is 0 Å². The molecule has 1 aliphatic rings. The quantitative estimate of drug-likeness (QED) is 0.522. The second-order valence-corrected chi connectivity index (χ2v) is 5.40. The minimum Gasteiger partial charge on any atom is -0.0602 e. The lowest BCUT2D eigenvalue weighted by molar-refractivity contribution is 0.0920. The van der Waals surface area contributed by atoms with Crippen molar-refractivity contribution in [2.75, 3.05) is 0 Å². The Morgan fingerprint density at radius 1 is 1.20 bits per heavy atom. The zero-order valence-electron chi connectivity index (χ0n) is 7.83. The monoisotopic (exact) mass is 140 g/mol. The maximum Gasteiger partial charge on any atom is -0.0321 e. The minimum absolute atomic E-state index is 0.537. The van der Waals surface area contributed by atoms with Crippen molar-refractivity contribution < 1.29 is 0 Å². The summed E-state index contributed by atoms with van der Waals surface area (Å²) < 4.78 is 0. The topological polar surface area (TPSA) is 0 Å². The van der Waals surface area contributed by atoms with Crippen LogP contribution in [-0.2, 0) is 0 Å². The molecule has 0 heterocycles. The van der Waals surface area contributed by atoms with Gasteiger partial charge in [-0.05, 0) is 30.1 Å². The van der Waals surface area contributed by atoms with Gasteiger partial charge in [0.25, 0.3) is 0 Å².